The molecule has 0 spiro atoms. The van der Waals surface area contributed by atoms with E-state index in [1.165, 1.54) is 12.1 Å². The van der Waals surface area contributed by atoms with Crippen LogP contribution >= 0.6 is 0 Å². The van der Waals surface area contributed by atoms with Crippen molar-refractivity contribution in [3.8, 4) is 5.75 Å². The zero-order valence-corrected chi connectivity index (χ0v) is 13.1. The number of amides is 2. The number of carboxylic acids is 1. The second-order valence-electron chi connectivity index (χ2n) is 6.37. The number of benzene rings is 1. The van der Waals surface area contributed by atoms with Gasteiger partial charge in [-0.2, -0.15) is 0 Å². The van der Waals surface area contributed by atoms with Gasteiger partial charge in [0, 0.05) is 5.69 Å². The summed E-state index contributed by atoms with van der Waals surface area (Å²) in [4.78, 5) is 24.0. The van der Waals surface area contributed by atoms with Crippen LogP contribution in [0.25, 0.3) is 0 Å². The molecule has 0 radical (unpaired) electrons. The molecule has 6 nitrogen and oxygen atoms in total. The van der Waals surface area contributed by atoms with Crippen LogP contribution in [0.5, 0.6) is 5.75 Å². The number of carbonyl (C=O) groups excluding carboxylic acids is 1. The van der Waals surface area contributed by atoms with E-state index in [0.29, 0.717) is 0 Å². The van der Waals surface area contributed by atoms with E-state index in [1.807, 2.05) is 0 Å². The molecule has 0 unspecified atom stereocenters. The molecule has 3 N–H and O–H groups in total. The number of anilines is 1. The summed E-state index contributed by atoms with van der Waals surface area (Å²) in [5.74, 6) is -1.60. The van der Waals surface area contributed by atoms with Crippen molar-refractivity contribution in [2.75, 3.05) is 5.32 Å². The SMILES string of the molecule is O=C(Nc1ccc(OC(F)(F)F)cc1)NC(C(=O)O)(C1CC1)C1CC1. The molecule has 2 saturated carbocycles. The summed E-state index contributed by atoms with van der Waals surface area (Å²) in [6, 6.07) is 3.94. The quantitative estimate of drug-likeness (QED) is 0.728. The lowest BCUT2D eigenvalue weighted by Crippen LogP contribution is -2.59. The predicted octanol–water partition coefficient (Wildman–Crippen LogP) is 3.35. The lowest BCUT2D eigenvalue weighted by molar-refractivity contribution is -0.274. The van der Waals surface area contributed by atoms with Crippen LogP contribution in [0.2, 0.25) is 0 Å². The molecule has 3 rings (SSSR count). The summed E-state index contributed by atoms with van der Waals surface area (Å²) in [5, 5.41) is 14.7. The minimum Gasteiger partial charge on any atom is -0.479 e. The molecule has 1 aromatic carbocycles. The molecule has 2 aliphatic carbocycles. The highest BCUT2D eigenvalue weighted by atomic mass is 19.4. The summed E-state index contributed by atoms with van der Waals surface area (Å²) in [5.41, 5.74) is -1.03. The molecular formula is C16H17F3N2O4. The van der Waals surface area contributed by atoms with Gasteiger partial charge in [-0.1, -0.05) is 0 Å². The molecule has 0 bridgehead atoms. The van der Waals surface area contributed by atoms with Crippen molar-refractivity contribution in [1.29, 1.82) is 0 Å². The first kappa shape index (κ1) is 17.4. The molecule has 136 valence electrons. The fourth-order valence-corrected chi connectivity index (χ4v) is 3.11. The third-order valence-electron chi connectivity index (χ3n) is 4.46. The smallest absolute Gasteiger partial charge is 0.479 e. The fourth-order valence-electron chi connectivity index (χ4n) is 3.11. The molecule has 0 atom stereocenters. The number of hydrogen-bond acceptors (Lipinski definition) is 3. The molecular weight excluding hydrogens is 341 g/mol. The molecule has 9 heteroatoms. The van der Waals surface area contributed by atoms with Crippen LogP contribution in [0, 0.1) is 11.8 Å². The van der Waals surface area contributed by atoms with E-state index in [1.54, 1.807) is 0 Å². The molecule has 0 heterocycles. The number of alkyl halides is 3. The van der Waals surface area contributed by atoms with E-state index in [0.717, 1.165) is 37.8 Å². The van der Waals surface area contributed by atoms with E-state index < -0.39 is 29.7 Å². The van der Waals surface area contributed by atoms with E-state index in [-0.39, 0.29) is 17.5 Å². The molecule has 2 fully saturated rings. The van der Waals surface area contributed by atoms with Crippen molar-refractivity contribution in [2.45, 2.75) is 37.6 Å². The van der Waals surface area contributed by atoms with Crippen LogP contribution in [-0.4, -0.2) is 29.0 Å². The Morgan fingerprint density at radius 1 is 1.04 bits per heavy atom. The number of halogens is 3. The molecule has 0 aromatic heterocycles. The Morgan fingerprint density at radius 3 is 1.96 bits per heavy atom. The van der Waals surface area contributed by atoms with E-state index in [2.05, 4.69) is 15.4 Å². The Bertz CT molecular complexity index is 655. The number of ether oxygens (including phenoxy) is 1. The van der Waals surface area contributed by atoms with Gasteiger partial charge >= 0.3 is 18.4 Å². The Labute approximate surface area is 141 Å². The van der Waals surface area contributed by atoms with Crippen molar-refractivity contribution >= 4 is 17.7 Å². The normalized spacial score (nSPS) is 17.7. The number of hydrogen-bond donors (Lipinski definition) is 3. The molecule has 1 aromatic rings. The maximum absolute atomic E-state index is 12.2. The first-order valence-electron chi connectivity index (χ1n) is 7.89. The van der Waals surface area contributed by atoms with Crippen molar-refractivity contribution in [1.82, 2.24) is 5.32 Å². The second kappa shape index (κ2) is 6.12. The van der Waals surface area contributed by atoms with Crippen LogP contribution in [0.1, 0.15) is 25.7 Å². The average Bonchev–Trinajstić information content (AvgIpc) is 3.36. The number of carboxylic acid groups (broad SMARTS) is 1. The summed E-state index contributed by atoms with van der Waals surface area (Å²) in [6.07, 6.45) is -1.76. The van der Waals surface area contributed by atoms with Gasteiger partial charge in [-0.05, 0) is 61.8 Å². The molecule has 2 aliphatic rings. The van der Waals surface area contributed by atoms with Gasteiger partial charge in [0.2, 0.25) is 0 Å². The maximum atomic E-state index is 12.2. The van der Waals surface area contributed by atoms with Crippen LogP contribution in [0.15, 0.2) is 24.3 Å². The van der Waals surface area contributed by atoms with Crippen molar-refractivity contribution in [3.63, 3.8) is 0 Å². The van der Waals surface area contributed by atoms with Gasteiger partial charge in [0.1, 0.15) is 11.3 Å². The van der Waals surface area contributed by atoms with Gasteiger partial charge in [0.25, 0.3) is 0 Å². The van der Waals surface area contributed by atoms with Crippen molar-refractivity contribution in [2.24, 2.45) is 11.8 Å². The minimum atomic E-state index is -4.79. The van der Waals surface area contributed by atoms with Gasteiger partial charge in [0.05, 0.1) is 0 Å². The van der Waals surface area contributed by atoms with Gasteiger partial charge in [0.15, 0.2) is 0 Å². The zero-order chi connectivity index (χ0) is 18.2. The lowest BCUT2D eigenvalue weighted by Gasteiger charge is -2.31. The maximum Gasteiger partial charge on any atom is 0.573 e. The molecule has 2 amide bonds. The number of carbonyl (C=O) groups is 2. The zero-order valence-electron chi connectivity index (χ0n) is 13.1. The molecule has 0 aliphatic heterocycles. The van der Waals surface area contributed by atoms with E-state index in [9.17, 15) is 27.9 Å². The molecule has 0 saturated heterocycles. The number of nitrogens with one attached hydrogen (secondary N) is 2. The average molecular weight is 358 g/mol. The van der Waals surface area contributed by atoms with Crippen LogP contribution in [0.4, 0.5) is 23.7 Å². The highest BCUT2D eigenvalue weighted by Crippen LogP contribution is 2.52. The fraction of sp³-hybridized carbons (Fsp3) is 0.500. The summed E-state index contributed by atoms with van der Waals surface area (Å²) in [7, 11) is 0. The standard InChI is InChI=1S/C16H17F3N2O4/c17-16(18,19)25-12-7-5-11(6-8-12)20-14(24)21-15(13(22)23,9-1-2-9)10-3-4-10/h5-10H,1-4H2,(H,22,23)(H2,20,21,24). The number of rotatable bonds is 6. The van der Waals surface area contributed by atoms with Crippen LogP contribution in [-0.2, 0) is 4.79 Å². The van der Waals surface area contributed by atoms with Crippen molar-refractivity contribution < 1.29 is 32.6 Å². The van der Waals surface area contributed by atoms with Crippen molar-refractivity contribution in [3.05, 3.63) is 24.3 Å². The topological polar surface area (TPSA) is 87.7 Å². The van der Waals surface area contributed by atoms with Gasteiger partial charge in [-0.15, -0.1) is 13.2 Å². The van der Waals surface area contributed by atoms with Crippen LogP contribution in [0.3, 0.4) is 0 Å². The second-order valence-corrected chi connectivity index (χ2v) is 6.37. The highest BCUT2D eigenvalue weighted by molar-refractivity contribution is 5.94. The first-order valence-corrected chi connectivity index (χ1v) is 7.89. The minimum absolute atomic E-state index is 0.0780. The van der Waals surface area contributed by atoms with E-state index >= 15 is 0 Å². The Hall–Kier alpha value is -2.45. The number of urea groups is 1. The molecule has 25 heavy (non-hydrogen) atoms. The monoisotopic (exact) mass is 358 g/mol. The third-order valence-corrected chi connectivity index (χ3v) is 4.46. The van der Waals surface area contributed by atoms with E-state index in [4.69, 9.17) is 0 Å². The third kappa shape index (κ3) is 3.97. The Balaban J connectivity index is 1.64. The van der Waals surface area contributed by atoms with Gasteiger partial charge in [-0.25, -0.2) is 9.59 Å². The first-order chi connectivity index (χ1) is 11.7. The predicted molar refractivity (Wildman–Crippen MR) is 81.1 cm³/mol. The lowest BCUT2D eigenvalue weighted by atomic mass is 9.87. The number of aliphatic carboxylic acids is 1. The summed E-state index contributed by atoms with van der Waals surface area (Å²) < 4.78 is 40.1. The van der Waals surface area contributed by atoms with Gasteiger partial charge < -0.3 is 20.5 Å². The highest BCUT2D eigenvalue weighted by Gasteiger charge is 2.60. The Morgan fingerprint density at radius 2 is 1.56 bits per heavy atom. The summed E-state index contributed by atoms with van der Waals surface area (Å²) in [6.45, 7) is 0. The van der Waals surface area contributed by atoms with Crippen LogP contribution < -0.4 is 15.4 Å². The largest absolute Gasteiger partial charge is 0.573 e. The summed E-state index contributed by atoms with van der Waals surface area (Å²) >= 11 is 0. The van der Waals surface area contributed by atoms with Gasteiger partial charge in [-0.3, -0.25) is 0 Å². The Kier molecular flexibility index (Phi) is 4.26.